The summed E-state index contributed by atoms with van der Waals surface area (Å²) >= 11 is 3.41. The van der Waals surface area contributed by atoms with Gasteiger partial charge in [0.15, 0.2) is 0 Å². The fourth-order valence-corrected chi connectivity index (χ4v) is 4.67. The number of rotatable bonds is 5. The highest BCUT2D eigenvalue weighted by Crippen LogP contribution is 2.27. The third kappa shape index (κ3) is 3.20. The minimum absolute atomic E-state index is 0.214. The first-order valence-corrected chi connectivity index (χ1v) is 9.07. The fraction of sp³-hybridized carbons (Fsp3) is 0.357. The number of sulfonamides is 1. The van der Waals surface area contributed by atoms with Gasteiger partial charge in [-0.05, 0) is 26.3 Å². The van der Waals surface area contributed by atoms with Crippen molar-refractivity contribution in [3.8, 4) is 0 Å². The molecule has 2 rings (SSSR count). The number of benzene rings is 1. The summed E-state index contributed by atoms with van der Waals surface area (Å²) in [7, 11) is -3.67. The van der Waals surface area contributed by atoms with Crippen LogP contribution in [-0.2, 0) is 15.6 Å². The van der Waals surface area contributed by atoms with Gasteiger partial charge < -0.3 is 0 Å². The first kappa shape index (κ1) is 16.2. The number of hydrogen-bond acceptors (Lipinski definition) is 3. The standard InChI is InChI=1S/C14H18BrN3O2S/c1-10-13(11(2)17-16-10)21(19,20)18-14(3,9-15)12-7-5-4-6-8-12/h4-8,18H,9H2,1-3H3,(H,16,17). The van der Waals surface area contributed by atoms with E-state index in [-0.39, 0.29) is 4.90 Å². The van der Waals surface area contributed by atoms with Crippen molar-refractivity contribution in [2.45, 2.75) is 31.2 Å². The van der Waals surface area contributed by atoms with Crippen molar-refractivity contribution in [3.63, 3.8) is 0 Å². The molecule has 2 N–H and O–H groups in total. The molecule has 0 spiro atoms. The van der Waals surface area contributed by atoms with Crippen LogP contribution in [0.25, 0.3) is 0 Å². The predicted octanol–water partition coefficient (Wildman–Crippen LogP) is 2.62. The highest BCUT2D eigenvalue weighted by atomic mass is 79.9. The van der Waals surface area contributed by atoms with Gasteiger partial charge in [-0.15, -0.1) is 0 Å². The molecule has 114 valence electrons. The van der Waals surface area contributed by atoms with E-state index in [4.69, 9.17) is 0 Å². The molecule has 1 unspecified atom stereocenters. The lowest BCUT2D eigenvalue weighted by molar-refractivity contribution is 0.481. The third-order valence-electron chi connectivity index (χ3n) is 3.37. The molecule has 1 aromatic carbocycles. The van der Waals surface area contributed by atoms with Gasteiger partial charge in [-0.3, -0.25) is 5.10 Å². The van der Waals surface area contributed by atoms with Crippen molar-refractivity contribution in [2.75, 3.05) is 5.33 Å². The number of H-pyrrole nitrogens is 1. The van der Waals surface area contributed by atoms with E-state index in [1.807, 2.05) is 37.3 Å². The maximum Gasteiger partial charge on any atom is 0.245 e. The molecule has 0 bridgehead atoms. The number of halogens is 1. The first-order chi connectivity index (χ1) is 9.80. The number of aryl methyl sites for hydroxylation is 2. The summed E-state index contributed by atoms with van der Waals surface area (Å²) in [4.78, 5) is 0.214. The van der Waals surface area contributed by atoms with E-state index in [2.05, 4.69) is 30.8 Å². The van der Waals surface area contributed by atoms with E-state index in [0.29, 0.717) is 16.7 Å². The van der Waals surface area contributed by atoms with E-state index in [1.54, 1.807) is 13.8 Å². The molecule has 0 saturated carbocycles. The Hall–Kier alpha value is -1.18. The third-order valence-corrected chi connectivity index (χ3v) is 6.35. The normalized spacial score (nSPS) is 14.9. The molecule has 0 amide bonds. The van der Waals surface area contributed by atoms with Crippen LogP contribution >= 0.6 is 15.9 Å². The minimum Gasteiger partial charge on any atom is -0.281 e. The topological polar surface area (TPSA) is 74.8 Å². The Balaban J connectivity index is 2.43. The van der Waals surface area contributed by atoms with Crippen LogP contribution in [0.4, 0.5) is 0 Å². The van der Waals surface area contributed by atoms with Crippen molar-refractivity contribution >= 4 is 26.0 Å². The maximum absolute atomic E-state index is 12.7. The van der Waals surface area contributed by atoms with Crippen LogP contribution in [0.2, 0.25) is 0 Å². The Kier molecular flexibility index (Phi) is 4.55. The van der Waals surface area contributed by atoms with Crippen LogP contribution in [-0.4, -0.2) is 23.9 Å². The van der Waals surface area contributed by atoms with E-state index in [1.165, 1.54) is 0 Å². The highest BCUT2D eigenvalue weighted by molar-refractivity contribution is 9.09. The van der Waals surface area contributed by atoms with E-state index < -0.39 is 15.6 Å². The lowest BCUT2D eigenvalue weighted by atomic mass is 9.96. The van der Waals surface area contributed by atoms with Gasteiger partial charge in [0.05, 0.1) is 16.9 Å². The van der Waals surface area contributed by atoms with Gasteiger partial charge in [0.25, 0.3) is 0 Å². The van der Waals surface area contributed by atoms with Gasteiger partial charge in [-0.2, -0.15) is 9.82 Å². The number of aromatic nitrogens is 2. The van der Waals surface area contributed by atoms with Crippen LogP contribution in [0.3, 0.4) is 0 Å². The summed E-state index contributed by atoms with van der Waals surface area (Å²) in [6.07, 6.45) is 0. The molecule has 21 heavy (non-hydrogen) atoms. The second kappa shape index (κ2) is 5.90. The Labute approximate surface area is 133 Å². The molecule has 1 atom stereocenters. The van der Waals surface area contributed by atoms with Gasteiger partial charge in [-0.1, -0.05) is 46.3 Å². The second-order valence-corrected chi connectivity index (χ2v) is 7.38. The van der Waals surface area contributed by atoms with Crippen molar-refractivity contribution in [1.82, 2.24) is 14.9 Å². The van der Waals surface area contributed by atoms with Crippen molar-refractivity contribution in [1.29, 1.82) is 0 Å². The molecular formula is C14H18BrN3O2S. The highest BCUT2D eigenvalue weighted by Gasteiger charge is 2.33. The number of nitrogens with zero attached hydrogens (tertiary/aromatic N) is 1. The van der Waals surface area contributed by atoms with Crippen LogP contribution in [0, 0.1) is 13.8 Å². The lowest BCUT2D eigenvalue weighted by Crippen LogP contribution is -2.45. The largest absolute Gasteiger partial charge is 0.281 e. The zero-order valence-corrected chi connectivity index (χ0v) is 14.5. The molecule has 2 aromatic rings. The van der Waals surface area contributed by atoms with Gasteiger partial charge >= 0.3 is 0 Å². The average molecular weight is 372 g/mol. The van der Waals surface area contributed by atoms with Gasteiger partial charge in [0.2, 0.25) is 10.0 Å². The molecular weight excluding hydrogens is 354 g/mol. The summed E-state index contributed by atoms with van der Waals surface area (Å²) in [5.74, 6) is 0. The van der Waals surface area contributed by atoms with Gasteiger partial charge in [0, 0.05) is 5.33 Å². The summed E-state index contributed by atoms with van der Waals surface area (Å²) in [6, 6.07) is 9.48. The summed E-state index contributed by atoms with van der Waals surface area (Å²) in [6.45, 7) is 5.22. The zero-order valence-electron chi connectivity index (χ0n) is 12.1. The summed E-state index contributed by atoms with van der Waals surface area (Å²) in [5.41, 5.74) is 1.15. The Morgan fingerprint density at radius 3 is 2.38 bits per heavy atom. The SMILES string of the molecule is Cc1n[nH]c(C)c1S(=O)(=O)NC(C)(CBr)c1ccccc1. The average Bonchev–Trinajstić information content (AvgIpc) is 2.79. The molecule has 7 heteroatoms. The van der Waals surface area contributed by atoms with Gasteiger partial charge in [-0.25, -0.2) is 8.42 Å². The molecule has 5 nitrogen and oxygen atoms in total. The van der Waals surface area contributed by atoms with E-state index >= 15 is 0 Å². The van der Waals surface area contributed by atoms with Crippen molar-refractivity contribution < 1.29 is 8.42 Å². The van der Waals surface area contributed by atoms with Crippen LogP contribution in [0.15, 0.2) is 35.2 Å². The quantitative estimate of drug-likeness (QED) is 0.793. The maximum atomic E-state index is 12.7. The molecule has 0 saturated heterocycles. The molecule has 0 aliphatic heterocycles. The zero-order chi connectivity index (χ0) is 15.7. The summed E-state index contributed by atoms with van der Waals surface area (Å²) in [5, 5.41) is 7.12. The first-order valence-electron chi connectivity index (χ1n) is 6.47. The molecule has 0 radical (unpaired) electrons. The number of nitrogens with one attached hydrogen (secondary N) is 2. The van der Waals surface area contributed by atoms with Crippen LogP contribution in [0.1, 0.15) is 23.9 Å². The molecule has 1 heterocycles. The van der Waals surface area contributed by atoms with Crippen LogP contribution in [0.5, 0.6) is 0 Å². The summed E-state index contributed by atoms with van der Waals surface area (Å²) < 4.78 is 28.2. The number of alkyl halides is 1. The van der Waals surface area contributed by atoms with Crippen molar-refractivity contribution in [3.05, 3.63) is 47.3 Å². The smallest absolute Gasteiger partial charge is 0.245 e. The Morgan fingerprint density at radius 2 is 1.90 bits per heavy atom. The predicted molar refractivity (Wildman–Crippen MR) is 86.0 cm³/mol. The molecule has 1 aromatic heterocycles. The second-order valence-electron chi connectivity index (χ2n) is 5.20. The van der Waals surface area contributed by atoms with E-state index in [0.717, 1.165) is 5.56 Å². The Bertz CT molecular complexity index is 708. The van der Waals surface area contributed by atoms with E-state index in [9.17, 15) is 8.42 Å². The monoisotopic (exact) mass is 371 g/mol. The minimum atomic E-state index is -3.67. The van der Waals surface area contributed by atoms with Crippen LogP contribution < -0.4 is 4.72 Å². The van der Waals surface area contributed by atoms with Crippen molar-refractivity contribution in [2.24, 2.45) is 0 Å². The molecule has 0 aliphatic rings. The molecule has 0 fully saturated rings. The lowest BCUT2D eigenvalue weighted by Gasteiger charge is -2.29. The fourth-order valence-electron chi connectivity index (χ4n) is 2.25. The van der Waals surface area contributed by atoms with Gasteiger partial charge in [0.1, 0.15) is 4.90 Å². The number of aromatic amines is 1. The Morgan fingerprint density at radius 1 is 1.29 bits per heavy atom. The molecule has 0 aliphatic carbocycles. The number of hydrogen-bond donors (Lipinski definition) is 2.